The van der Waals surface area contributed by atoms with Crippen molar-refractivity contribution in [1.29, 1.82) is 0 Å². The maximum absolute atomic E-state index is 11.9. The summed E-state index contributed by atoms with van der Waals surface area (Å²) in [5, 5.41) is 0. The van der Waals surface area contributed by atoms with Crippen molar-refractivity contribution in [1.82, 2.24) is 9.55 Å². The van der Waals surface area contributed by atoms with Gasteiger partial charge in [0.1, 0.15) is 0 Å². The van der Waals surface area contributed by atoms with Crippen LogP contribution in [0.2, 0.25) is 0 Å². The van der Waals surface area contributed by atoms with Crippen LogP contribution in [-0.2, 0) is 16.5 Å². The maximum atomic E-state index is 11.9. The molecule has 0 saturated carbocycles. The number of nitrogens with zero attached hydrogens (tertiary/aromatic N) is 2. The molecule has 1 aromatic carbocycles. The van der Waals surface area contributed by atoms with Gasteiger partial charge >= 0.3 is 5.97 Å². The third-order valence-electron chi connectivity index (χ3n) is 4.32. The number of aromatic nitrogens is 2. The first-order valence-corrected chi connectivity index (χ1v) is 8.07. The molecule has 0 radical (unpaired) electrons. The maximum Gasteiger partial charge on any atom is 0.374 e. The molecule has 0 amide bonds. The fourth-order valence-corrected chi connectivity index (χ4v) is 3.05. The van der Waals surface area contributed by atoms with E-state index in [4.69, 9.17) is 9.47 Å². The lowest BCUT2D eigenvalue weighted by Gasteiger charge is -2.22. The van der Waals surface area contributed by atoms with Crippen molar-refractivity contribution in [2.24, 2.45) is 7.05 Å². The Labute approximate surface area is 136 Å². The lowest BCUT2D eigenvalue weighted by molar-refractivity contribution is 0.0508. The topological polar surface area (TPSA) is 53.4 Å². The molecule has 0 N–H and O–H groups in total. The summed E-state index contributed by atoms with van der Waals surface area (Å²) in [5.41, 5.74) is 3.31. The van der Waals surface area contributed by atoms with Gasteiger partial charge in [-0.05, 0) is 37.3 Å². The summed E-state index contributed by atoms with van der Waals surface area (Å²) < 4.78 is 12.3. The average Bonchev–Trinajstić information content (AvgIpc) is 2.98. The summed E-state index contributed by atoms with van der Waals surface area (Å²) in [6.45, 7) is 3.79. The molecule has 0 unspecified atom stereocenters. The lowest BCUT2D eigenvalue weighted by Crippen LogP contribution is -2.14. The number of carbonyl (C=O) groups is 1. The van der Waals surface area contributed by atoms with E-state index in [9.17, 15) is 4.79 Å². The number of ether oxygens (including phenoxy) is 2. The molecule has 5 nitrogen and oxygen atoms in total. The fraction of sp³-hybridized carbons (Fsp3) is 0.444. The predicted octanol–water partition coefficient (Wildman–Crippen LogP) is 3.16. The smallest absolute Gasteiger partial charge is 0.374 e. The predicted molar refractivity (Wildman–Crippen MR) is 87.4 cm³/mol. The number of esters is 1. The van der Waals surface area contributed by atoms with Crippen LogP contribution in [0.4, 0.5) is 0 Å². The Morgan fingerprint density at radius 1 is 1.39 bits per heavy atom. The second-order valence-electron chi connectivity index (χ2n) is 5.76. The van der Waals surface area contributed by atoms with Crippen molar-refractivity contribution >= 4 is 5.97 Å². The van der Waals surface area contributed by atoms with Crippen LogP contribution < -0.4 is 0 Å². The van der Waals surface area contributed by atoms with Gasteiger partial charge in [0, 0.05) is 25.8 Å². The minimum atomic E-state index is -0.387. The second-order valence-corrected chi connectivity index (χ2v) is 5.76. The van der Waals surface area contributed by atoms with Crippen LogP contribution in [0.5, 0.6) is 0 Å². The molecule has 23 heavy (non-hydrogen) atoms. The molecular formula is C18H22N2O3. The first-order chi connectivity index (χ1) is 11.2. The van der Waals surface area contributed by atoms with Gasteiger partial charge in [-0.15, -0.1) is 0 Å². The van der Waals surface area contributed by atoms with Gasteiger partial charge in [-0.2, -0.15) is 0 Å². The van der Waals surface area contributed by atoms with Crippen molar-refractivity contribution < 1.29 is 14.3 Å². The van der Waals surface area contributed by atoms with Crippen molar-refractivity contribution in [2.75, 3.05) is 19.8 Å². The molecular weight excluding hydrogens is 292 g/mol. The number of imidazole rings is 1. The van der Waals surface area contributed by atoms with Crippen molar-refractivity contribution in [3.8, 4) is 11.3 Å². The zero-order chi connectivity index (χ0) is 16.2. The van der Waals surface area contributed by atoms with E-state index in [-0.39, 0.29) is 5.97 Å². The fourth-order valence-electron chi connectivity index (χ4n) is 3.05. The molecule has 0 atom stereocenters. The van der Waals surface area contributed by atoms with E-state index in [1.165, 1.54) is 5.56 Å². The number of benzene rings is 1. The van der Waals surface area contributed by atoms with E-state index < -0.39 is 0 Å². The minimum absolute atomic E-state index is 0.332. The Balaban J connectivity index is 1.88. The van der Waals surface area contributed by atoms with Gasteiger partial charge in [-0.1, -0.05) is 18.2 Å². The number of hydrogen-bond acceptors (Lipinski definition) is 4. The Morgan fingerprint density at radius 2 is 2.17 bits per heavy atom. The molecule has 5 heteroatoms. The molecule has 1 aromatic heterocycles. The van der Waals surface area contributed by atoms with Gasteiger partial charge in [0.15, 0.2) is 0 Å². The molecule has 2 heterocycles. The van der Waals surface area contributed by atoms with Crippen LogP contribution in [0.1, 0.15) is 41.9 Å². The van der Waals surface area contributed by atoms with Crippen LogP contribution in [-0.4, -0.2) is 35.3 Å². The quantitative estimate of drug-likeness (QED) is 0.814. The number of hydrogen-bond donors (Lipinski definition) is 0. The molecule has 2 aromatic rings. The normalized spacial score (nSPS) is 15.6. The summed E-state index contributed by atoms with van der Waals surface area (Å²) in [6.07, 6.45) is 3.85. The molecule has 1 fully saturated rings. The summed E-state index contributed by atoms with van der Waals surface area (Å²) in [5.74, 6) is 0.488. The molecule has 1 aliphatic heterocycles. The second kappa shape index (κ2) is 6.96. The third-order valence-corrected chi connectivity index (χ3v) is 4.32. The van der Waals surface area contributed by atoms with E-state index in [2.05, 4.69) is 29.2 Å². The summed E-state index contributed by atoms with van der Waals surface area (Å²) in [4.78, 5) is 16.1. The highest BCUT2D eigenvalue weighted by molar-refractivity contribution is 5.86. The largest absolute Gasteiger partial charge is 0.460 e. The third kappa shape index (κ3) is 3.29. The monoisotopic (exact) mass is 314 g/mol. The van der Waals surface area contributed by atoms with Gasteiger partial charge < -0.3 is 14.0 Å². The molecule has 0 bridgehead atoms. The van der Waals surface area contributed by atoms with E-state index in [0.29, 0.717) is 18.3 Å². The van der Waals surface area contributed by atoms with Gasteiger partial charge in [0.05, 0.1) is 18.5 Å². The summed E-state index contributed by atoms with van der Waals surface area (Å²) in [7, 11) is 1.84. The minimum Gasteiger partial charge on any atom is -0.460 e. The summed E-state index contributed by atoms with van der Waals surface area (Å²) in [6, 6.07) is 8.48. The number of rotatable bonds is 4. The van der Waals surface area contributed by atoms with Crippen molar-refractivity contribution in [3.05, 3.63) is 41.9 Å². The molecule has 122 valence electrons. The first-order valence-electron chi connectivity index (χ1n) is 8.07. The summed E-state index contributed by atoms with van der Waals surface area (Å²) >= 11 is 0. The van der Waals surface area contributed by atoms with Crippen molar-refractivity contribution in [2.45, 2.75) is 25.7 Å². The highest BCUT2D eigenvalue weighted by atomic mass is 16.5. The van der Waals surface area contributed by atoms with E-state index in [1.54, 1.807) is 17.7 Å². The first kappa shape index (κ1) is 15.7. The van der Waals surface area contributed by atoms with Crippen LogP contribution in [0.3, 0.4) is 0 Å². The Bertz CT molecular complexity index is 687. The van der Waals surface area contributed by atoms with Crippen LogP contribution >= 0.6 is 0 Å². The number of carbonyl (C=O) groups excluding carboxylic acids is 1. The van der Waals surface area contributed by atoms with E-state index in [0.717, 1.165) is 37.3 Å². The molecule has 1 aliphatic rings. The van der Waals surface area contributed by atoms with Crippen molar-refractivity contribution in [3.63, 3.8) is 0 Å². The van der Waals surface area contributed by atoms with Crippen LogP contribution in [0.25, 0.3) is 11.3 Å². The van der Waals surface area contributed by atoms with Gasteiger partial charge in [-0.3, -0.25) is 0 Å². The zero-order valence-corrected chi connectivity index (χ0v) is 13.6. The average molecular weight is 314 g/mol. The zero-order valence-electron chi connectivity index (χ0n) is 13.6. The van der Waals surface area contributed by atoms with E-state index in [1.807, 2.05) is 7.05 Å². The Morgan fingerprint density at radius 3 is 2.91 bits per heavy atom. The standard InChI is InChI=1S/C18H22N2O3/c1-3-23-18(21)17-19-12-16(20(17)2)15-6-4-5-14(11-15)13-7-9-22-10-8-13/h4-6,11-13H,3,7-10H2,1-2H3. The van der Waals surface area contributed by atoms with Gasteiger partial charge in [0.25, 0.3) is 0 Å². The Hall–Kier alpha value is -2.14. The van der Waals surface area contributed by atoms with E-state index >= 15 is 0 Å². The lowest BCUT2D eigenvalue weighted by atomic mass is 9.90. The Kier molecular flexibility index (Phi) is 4.76. The highest BCUT2D eigenvalue weighted by Gasteiger charge is 2.19. The SMILES string of the molecule is CCOC(=O)c1ncc(-c2cccc(C3CCOCC3)c2)n1C. The van der Waals surface area contributed by atoms with Gasteiger partial charge in [-0.25, -0.2) is 9.78 Å². The van der Waals surface area contributed by atoms with Crippen LogP contribution in [0, 0.1) is 0 Å². The molecule has 0 aliphatic carbocycles. The highest BCUT2D eigenvalue weighted by Crippen LogP contribution is 2.30. The van der Waals surface area contributed by atoms with Crippen LogP contribution in [0.15, 0.2) is 30.5 Å². The molecule has 1 saturated heterocycles. The molecule has 0 spiro atoms. The molecule has 3 rings (SSSR count). The van der Waals surface area contributed by atoms with Gasteiger partial charge in [0.2, 0.25) is 5.82 Å².